The molecule has 88 valence electrons. The van der Waals surface area contributed by atoms with Crippen LogP contribution in [0.15, 0.2) is 53.3 Å². The zero-order valence-electron chi connectivity index (χ0n) is 9.25. The van der Waals surface area contributed by atoms with Crippen molar-refractivity contribution in [3.8, 4) is 22.8 Å². The maximum absolute atomic E-state index is 5.27. The van der Waals surface area contributed by atoms with Crippen molar-refractivity contribution in [3.63, 3.8) is 0 Å². The van der Waals surface area contributed by atoms with Crippen LogP contribution in [0.5, 0.6) is 0 Å². The van der Waals surface area contributed by atoms with Gasteiger partial charge in [0.1, 0.15) is 0 Å². The smallest absolute Gasteiger partial charge is 0.258 e. The topological polar surface area (TPSA) is 51.8 Å². The Morgan fingerprint density at radius 1 is 1.06 bits per heavy atom. The van der Waals surface area contributed by atoms with Crippen molar-refractivity contribution in [1.29, 1.82) is 0 Å². The van der Waals surface area contributed by atoms with Crippen LogP contribution in [0.1, 0.15) is 0 Å². The van der Waals surface area contributed by atoms with Gasteiger partial charge in [0.25, 0.3) is 5.89 Å². The third kappa shape index (κ3) is 2.26. The van der Waals surface area contributed by atoms with Crippen molar-refractivity contribution < 1.29 is 4.52 Å². The van der Waals surface area contributed by atoms with Gasteiger partial charge < -0.3 is 4.52 Å². The molecule has 0 saturated carbocycles. The number of rotatable bonds is 2. The van der Waals surface area contributed by atoms with Gasteiger partial charge in [-0.05, 0) is 52.9 Å². The van der Waals surface area contributed by atoms with E-state index in [2.05, 4.69) is 37.7 Å². The van der Waals surface area contributed by atoms with E-state index in [9.17, 15) is 0 Å². The van der Waals surface area contributed by atoms with Crippen LogP contribution in [0.3, 0.4) is 0 Å². The van der Waals surface area contributed by atoms with E-state index >= 15 is 0 Å². The first-order valence-corrected chi connectivity index (χ1v) is 6.41. The summed E-state index contributed by atoms with van der Waals surface area (Å²) in [5.41, 5.74) is 1.77. The molecule has 0 aliphatic heterocycles. The molecule has 2 aromatic heterocycles. The second-order valence-electron chi connectivity index (χ2n) is 3.68. The predicted molar refractivity (Wildman–Crippen MR) is 75.7 cm³/mol. The first-order valence-electron chi connectivity index (χ1n) is 5.33. The second kappa shape index (κ2) is 4.85. The monoisotopic (exact) mass is 349 g/mol. The average Bonchev–Trinajstić information content (AvgIpc) is 2.89. The Bertz CT molecular complexity index is 667. The van der Waals surface area contributed by atoms with Gasteiger partial charge in [-0.3, -0.25) is 4.98 Å². The van der Waals surface area contributed by atoms with Crippen LogP contribution in [-0.4, -0.2) is 15.1 Å². The number of hydrogen-bond donors (Lipinski definition) is 0. The fourth-order valence-corrected chi connectivity index (χ4v) is 2.12. The van der Waals surface area contributed by atoms with Gasteiger partial charge in [-0.25, -0.2) is 0 Å². The molecule has 1 aromatic carbocycles. The van der Waals surface area contributed by atoms with Crippen molar-refractivity contribution in [1.82, 2.24) is 15.1 Å². The molecule has 0 aliphatic rings. The number of pyridine rings is 1. The Balaban J connectivity index is 2.00. The maximum atomic E-state index is 5.27. The number of hydrogen-bond acceptors (Lipinski definition) is 4. The normalized spacial score (nSPS) is 10.5. The highest BCUT2D eigenvalue weighted by atomic mass is 127. The van der Waals surface area contributed by atoms with Crippen LogP contribution in [-0.2, 0) is 0 Å². The van der Waals surface area contributed by atoms with Gasteiger partial charge in [-0.2, -0.15) is 4.98 Å². The molecule has 5 heteroatoms. The maximum Gasteiger partial charge on any atom is 0.258 e. The highest BCUT2D eigenvalue weighted by Crippen LogP contribution is 2.22. The molecule has 0 atom stereocenters. The van der Waals surface area contributed by atoms with Crippen LogP contribution < -0.4 is 0 Å². The minimum atomic E-state index is 0.521. The molecule has 0 aliphatic carbocycles. The SMILES string of the molecule is Ic1cccc(-c2nc(-c3cccnc3)no2)c1. The van der Waals surface area contributed by atoms with Crippen LogP contribution in [0.4, 0.5) is 0 Å². The molecule has 4 nitrogen and oxygen atoms in total. The first kappa shape index (κ1) is 11.3. The van der Waals surface area contributed by atoms with E-state index in [0.717, 1.165) is 14.7 Å². The van der Waals surface area contributed by atoms with E-state index in [4.69, 9.17) is 4.52 Å². The quantitative estimate of drug-likeness (QED) is 0.666. The van der Waals surface area contributed by atoms with E-state index in [1.807, 2.05) is 36.4 Å². The molecule has 0 bridgehead atoms. The fourth-order valence-electron chi connectivity index (χ4n) is 1.57. The summed E-state index contributed by atoms with van der Waals surface area (Å²) < 4.78 is 6.40. The van der Waals surface area contributed by atoms with Gasteiger partial charge in [0.15, 0.2) is 0 Å². The Labute approximate surface area is 117 Å². The summed E-state index contributed by atoms with van der Waals surface area (Å²) in [6.45, 7) is 0. The Kier molecular flexibility index (Phi) is 3.06. The molecule has 0 fully saturated rings. The summed E-state index contributed by atoms with van der Waals surface area (Å²) in [4.78, 5) is 8.41. The largest absolute Gasteiger partial charge is 0.334 e. The molecule has 2 heterocycles. The minimum absolute atomic E-state index is 0.521. The second-order valence-corrected chi connectivity index (χ2v) is 4.92. The van der Waals surface area contributed by atoms with E-state index in [1.54, 1.807) is 12.4 Å². The van der Waals surface area contributed by atoms with Crippen LogP contribution in [0, 0.1) is 3.57 Å². The van der Waals surface area contributed by atoms with Crippen LogP contribution in [0.2, 0.25) is 0 Å². The molecule has 3 rings (SSSR count). The lowest BCUT2D eigenvalue weighted by molar-refractivity contribution is 0.432. The number of nitrogens with zero attached hydrogens (tertiary/aromatic N) is 3. The van der Waals surface area contributed by atoms with Gasteiger partial charge in [0.05, 0.1) is 0 Å². The first-order chi connectivity index (χ1) is 8.83. The van der Waals surface area contributed by atoms with Gasteiger partial charge in [-0.1, -0.05) is 11.2 Å². The van der Waals surface area contributed by atoms with E-state index in [0.29, 0.717) is 11.7 Å². The third-order valence-corrected chi connectivity index (χ3v) is 3.09. The Morgan fingerprint density at radius 2 is 1.94 bits per heavy atom. The lowest BCUT2D eigenvalue weighted by Gasteiger charge is -1.94. The van der Waals surface area contributed by atoms with Gasteiger partial charge in [-0.15, -0.1) is 0 Å². The van der Waals surface area contributed by atoms with E-state index < -0.39 is 0 Å². The Morgan fingerprint density at radius 3 is 2.72 bits per heavy atom. The predicted octanol–water partition coefficient (Wildman–Crippen LogP) is 3.40. The van der Waals surface area contributed by atoms with Crippen molar-refractivity contribution in [2.45, 2.75) is 0 Å². The third-order valence-electron chi connectivity index (χ3n) is 2.42. The van der Waals surface area contributed by atoms with Crippen molar-refractivity contribution >= 4 is 22.6 Å². The molecule has 3 aromatic rings. The molecule has 0 amide bonds. The van der Waals surface area contributed by atoms with Gasteiger partial charge in [0.2, 0.25) is 5.82 Å². The summed E-state index contributed by atoms with van der Waals surface area (Å²) in [5.74, 6) is 1.07. The Hall–Kier alpha value is -1.76. The van der Waals surface area contributed by atoms with Crippen LogP contribution in [0.25, 0.3) is 22.8 Å². The molecule has 0 spiro atoms. The summed E-state index contributed by atoms with van der Waals surface area (Å²) in [6.07, 6.45) is 3.42. The molecular weight excluding hydrogens is 341 g/mol. The van der Waals surface area contributed by atoms with Crippen molar-refractivity contribution in [3.05, 3.63) is 52.4 Å². The molecule has 0 N–H and O–H groups in total. The fraction of sp³-hybridized carbons (Fsp3) is 0. The molecular formula is C13H8IN3O. The van der Waals surface area contributed by atoms with E-state index in [-0.39, 0.29) is 0 Å². The molecule has 0 radical (unpaired) electrons. The highest BCUT2D eigenvalue weighted by Gasteiger charge is 2.10. The summed E-state index contributed by atoms with van der Waals surface area (Å²) >= 11 is 2.25. The molecule has 0 unspecified atom stereocenters. The average molecular weight is 349 g/mol. The van der Waals surface area contributed by atoms with Crippen LogP contribution >= 0.6 is 22.6 Å². The summed E-state index contributed by atoms with van der Waals surface area (Å²) in [5, 5.41) is 3.96. The number of benzene rings is 1. The molecule has 0 saturated heterocycles. The summed E-state index contributed by atoms with van der Waals surface area (Å²) in [7, 11) is 0. The number of halogens is 1. The zero-order chi connectivity index (χ0) is 12.4. The lowest BCUT2D eigenvalue weighted by atomic mass is 10.2. The van der Waals surface area contributed by atoms with E-state index in [1.165, 1.54) is 0 Å². The summed E-state index contributed by atoms with van der Waals surface area (Å²) in [6, 6.07) is 11.7. The standard InChI is InChI=1S/C13H8IN3O/c14-11-5-1-3-9(7-11)13-16-12(17-18-13)10-4-2-6-15-8-10/h1-8H. The minimum Gasteiger partial charge on any atom is -0.334 e. The van der Waals surface area contributed by atoms with Crippen molar-refractivity contribution in [2.75, 3.05) is 0 Å². The van der Waals surface area contributed by atoms with Gasteiger partial charge >= 0.3 is 0 Å². The van der Waals surface area contributed by atoms with Gasteiger partial charge in [0, 0.05) is 27.1 Å². The van der Waals surface area contributed by atoms with Crippen molar-refractivity contribution in [2.24, 2.45) is 0 Å². The number of aromatic nitrogens is 3. The molecule has 18 heavy (non-hydrogen) atoms. The highest BCUT2D eigenvalue weighted by molar-refractivity contribution is 14.1. The zero-order valence-corrected chi connectivity index (χ0v) is 11.4. The lowest BCUT2D eigenvalue weighted by Crippen LogP contribution is -1.82.